The van der Waals surface area contributed by atoms with Crippen molar-refractivity contribution >= 4 is 11.8 Å². The van der Waals surface area contributed by atoms with Gasteiger partial charge in [0.15, 0.2) is 0 Å². The monoisotopic (exact) mass is 250 g/mol. The van der Waals surface area contributed by atoms with Gasteiger partial charge in [-0.15, -0.1) is 0 Å². The minimum absolute atomic E-state index is 0.139. The lowest BCUT2D eigenvalue weighted by atomic mass is 10.1. The lowest BCUT2D eigenvalue weighted by molar-refractivity contribution is -0.0328. The van der Waals surface area contributed by atoms with Gasteiger partial charge in [-0.05, 0) is 36.4 Å². The van der Waals surface area contributed by atoms with E-state index in [1.54, 1.807) is 18.2 Å². The Kier molecular flexibility index (Phi) is 4.64. The highest BCUT2D eigenvalue weighted by Crippen LogP contribution is 2.39. The Labute approximate surface area is 96.2 Å². The molecule has 1 rings (SSSR count). The van der Waals surface area contributed by atoms with Gasteiger partial charge >= 0.3 is 5.51 Å². The molecule has 0 amide bonds. The Morgan fingerprint density at radius 2 is 1.88 bits per heavy atom. The van der Waals surface area contributed by atoms with Crippen molar-refractivity contribution in [2.75, 3.05) is 6.54 Å². The Morgan fingerprint density at radius 1 is 1.25 bits per heavy atom. The van der Waals surface area contributed by atoms with Gasteiger partial charge in [-0.1, -0.05) is 18.2 Å². The molecule has 0 aliphatic rings. The van der Waals surface area contributed by atoms with Gasteiger partial charge in [0.1, 0.15) is 0 Å². The molecule has 1 aromatic rings. The summed E-state index contributed by atoms with van der Waals surface area (Å²) in [5, 5.41) is 0. The van der Waals surface area contributed by atoms with Crippen LogP contribution in [0.1, 0.15) is 18.0 Å². The molecule has 0 bridgehead atoms. The molecule has 0 radical (unpaired) electrons. The molecule has 90 valence electrons. The molecule has 0 aliphatic heterocycles. The quantitative estimate of drug-likeness (QED) is 0.808. The Morgan fingerprint density at radius 3 is 2.44 bits per heavy atom. The summed E-state index contributed by atoms with van der Waals surface area (Å²) in [6.07, 6.45) is 0.468. The first-order chi connectivity index (χ1) is 7.44. The normalized spacial score (nSPS) is 13.8. The Bertz CT molecular complexity index is 341. The summed E-state index contributed by atoms with van der Waals surface area (Å²) in [6, 6.07) is 5.81. The third-order valence-corrected chi connectivity index (χ3v) is 2.84. The van der Waals surface area contributed by atoms with E-state index in [2.05, 4.69) is 0 Å². The summed E-state index contributed by atoms with van der Waals surface area (Å²) in [6.45, 7) is 0.353. The van der Waals surface area contributed by atoms with Crippen LogP contribution >= 0.6 is 11.8 Å². The lowest BCUT2D eigenvalue weighted by Crippen LogP contribution is -2.16. The summed E-state index contributed by atoms with van der Waals surface area (Å²) < 4.78 is 36.8. The fourth-order valence-corrected chi connectivity index (χ4v) is 2.07. The topological polar surface area (TPSA) is 52.0 Å². The standard InChI is InChI=1S/C10H13F3N2S/c11-10(12,13)16-9-4-2-1-3-7(9)8(15)5-6-14/h1-4,8H,5-6,14-15H2/t8-/m1/s1. The van der Waals surface area contributed by atoms with Gasteiger partial charge in [-0.2, -0.15) is 13.2 Å². The number of nitrogens with two attached hydrogens (primary N) is 2. The third-order valence-electron chi connectivity index (χ3n) is 2.02. The molecule has 0 heterocycles. The molecule has 0 saturated carbocycles. The van der Waals surface area contributed by atoms with Crippen LogP contribution in [-0.2, 0) is 0 Å². The van der Waals surface area contributed by atoms with Crippen LogP contribution in [0.4, 0.5) is 13.2 Å². The molecule has 2 nitrogen and oxygen atoms in total. The highest BCUT2D eigenvalue weighted by Gasteiger charge is 2.30. The van der Waals surface area contributed by atoms with Gasteiger partial charge in [0.25, 0.3) is 0 Å². The summed E-state index contributed by atoms with van der Waals surface area (Å²) in [7, 11) is 0. The number of halogens is 3. The maximum atomic E-state index is 12.3. The van der Waals surface area contributed by atoms with E-state index in [0.29, 0.717) is 18.5 Å². The minimum atomic E-state index is -4.29. The summed E-state index contributed by atoms with van der Waals surface area (Å²) in [5.41, 5.74) is 7.30. The molecule has 4 N–H and O–H groups in total. The molecule has 0 saturated heterocycles. The maximum absolute atomic E-state index is 12.3. The first-order valence-corrected chi connectivity index (χ1v) is 5.56. The first-order valence-electron chi connectivity index (χ1n) is 4.74. The van der Waals surface area contributed by atoms with Gasteiger partial charge in [-0.3, -0.25) is 0 Å². The number of thioether (sulfide) groups is 1. The van der Waals surface area contributed by atoms with Crippen LogP contribution in [0.2, 0.25) is 0 Å². The van der Waals surface area contributed by atoms with Crippen LogP contribution < -0.4 is 11.5 Å². The summed E-state index contributed by atoms with van der Waals surface area (Å²) in [5.74, 6) is 0. The van der Waals surface area contributed by atoms with E-state index < -0.39 is 11.6 Å². The van der Waals surface area contributed by atoms with Crippen molar-refractivity contribution < 1.29 is 13.2 Å². The van der Waals surface area contributed by atoms with Crippen molar-refractivity contribution in [1.29, 1.82) is 0 Å². The third kappa shape index (κ3) is 4.03. The van der Waals surface area contributed by atoms with Crippen LogP contribution in [-0.4, -0.2) is 12.1 Å². The van der Waals surface area contributed by atoms with Gasteiger partial charge in [0, 0.05) is 10.9 Å². The van der Waals surface area contributed by atoms with E-state index >= 15 is 0 Å². The van der Waals surface area contributed by atoms with Crippen molar-refractivity contribution in [3.8, 4) is 0 Å². The molecule has 16 heavy (non-hydrogen) atoms. The number of benzene rings is 1. The number of hydrogen-bond donors (Lipinski definition) is 2. The molecule has 0 fully saturated rings. The molecule has 1 aromatic carbocycles. The molecule has 6 heteroatoms. The van der Waals surface area contributed by atoms with Gasteiger partial charge in [-0.25, -0.2) is 0 Å². The first kappa shape index (κ1) is 13.3. The molecular weight excluding hydrogens is 237 g/mol. The molecule has 1 atom stereocenters. The van der Waals surface area contributed by atoms with Crippen LogP contribution in [0.5, 0.6) is 0 Å². The van der Waals surface area contributed by atoms with E-state index in [4.69, 9.17) is 11.5 Å². The highest BCUT2D eigenvalue weighted by molar-refractivity contribution is 8.00. The van der Waals surface area contributed by atoms with Crippen molar-refractivity contribution in [1.82, 2.24) is 0 Å². The Balaban J connectivity index is 2.91. The zero-order valence-corrected chi connectivity index (χ0v) is 9.31. The lowest BCUT2D eigenvalue weighted by Gasteiger charge is -2.16. The highest BCUT2D eigenvalue weighted by atomic mass is 32.2. The van der Waals surface area contributed by atoms with Crippen LogP contribution in [0.15, 0.2) is 29.2 Å². The Hall–Kier alpha value is -0.720. The number of alkyl halides is 3. The SMILES string of the molecule is NCC[C@@H](N)c1ccccc1SC(F)(F)F. The average molecular weight is 250 g/mol. The summed E-state index contributed by atoms with van der Waals surface area (Å²) >= 11 is -0.139. The predicted molar refractivity (Wildman–Crippen MR) is 59.0 cm³/mol. The number of hydrogen-bond acceptors (Lipinski definition) is 3. The molecule has 0 aliphatic carbocycles. The maximum Gasteiger partial charge on any atom is 0.446 e. The van der Waals surface area contributed by atoms with E-state index in [1.165, 1.54) is 6.07 Å². The number of rotatable bonds is 4. The van der Waals surface area contributed by atoms with Crippen molar-refractivity contribution in [2.24, 2.45) is 11.5 Å². The molecule has 0 unspecified atom stereocenters. The molecular formula is C10H13F3N2S. The van der Waals surface area contributed by atoms with Crippen LogP contribution in [0, 0.1) is 0 Å². The van der Waals surface area contributed by atoms with Crippen LogP contribution in [0.25, 0.3) is 0 Å². The smallest absolute Gasteiger partial charge is 0.330 e. The zero-order chi connectivity index (χ0) is 12.2. The van der Waals surface area contributed by atoms with Gasteiger partial charge in [0.05, 0.1) is 0 Å². The fraction of sp³-hybridized carbons (Fsp3) is 0.400. The van der Waals surface area contributed by atoms with Crippen LogP contribution in [0.3, 0.4) is 0 Å². The van der Waals surface area contributed by atoms with Crippen molar-refractivity contribution in [3.05, 3.63) is 29.8 Å². The van der Waals surface area contributed by atoms with E-state index in [-0.39, 0.29) is 16.7 Å². The molecule has 0 spiro atoms. The second kappa shape index (κ2) is 5.56. The van der Waals surface area contributed by atoms with Gasteiger partial charge < -0.3 is 11.5 Å². The molecule has 0 aromatic heterocycles. The second-order valence-corrected chi connectivity index (χ2v) is 4.38. The van der Waals surface area contributed by atoms with E-state index in [0.717, 1.165) is 0 Å². The largest absolute Gasteiger partial charge is 0.446 e. The fourth-order valence-electron chi connectivity index (χ4n) is 1.34. The van der Waals surface area contributed by atoms with Crippen molar-refractivity contribution in [2.45, 2.75) is 22.9 Å². The van der Waals surface area contributed by atoms with Gasteiger partial charge in [0.2, 0.25) is 0 Å². The van der Waals surface area contributed by atoms with E-state index in [9.17, 15) is 13.2 Å². The minimum Gasteiger partial charge on any atom is -0.330 e. The van der Waals surface area contributed by atoms with E-state index in [1.807, 2.05) is 0 Å². The summed E-state index contributed by atoms with van der Waals surface area (Å²) in [4.78, 5) is 0.149. The second-order valence-electron chi connectivity index (χ2n) is 3.27. The van der Waals surface area contributed by atoms with Crippen molar-refractivity contribution in [3.63, 3.8) is 0 Å². The predicted octanol–water partition coefficient (Wildman–Crippen LogP) is 2.65. The average Bonchev–Trinajstić information content (AvgIpc) is 2.16. The zero-order valence-electron chi connectivity index (χ0n) is 8.50.